The predicted octanol–water partition coefficient (Wildman–Crippen LogP) is 4.92. The minimum atomic E-state index is -0.469. The molecule has 0 saturated heterocycles. The zero-order chi connectivity index (χ0) is 20.3. The molecule has 10 heteroatoms. The standard InChI is InChI=1S/C18H14Br2N2O6/c1-25-13-7-10(22-18(24)12-4-6-16(20)28-12)14(26-2)8-9(13)21-17(23)11-3-5-15(19)27-11/h3-8H,1-2H3,(H,21,23)(H,22,24). The summed E-state index contributed by atoms with van der Waals surface area (Å²) in [5.74, 6) is -0.0692. The zero-order valence-corrected chi connectivity index (χ0v) is 17.8. The molecule has 0 aliphatic carbocycles. The van der Waals surface area contributed by atoms with Crippen LogP contribution in [0.15, 0.2) is 54.6 Å². The second-order valence-electron chi connectivity index (χ2n) is 5.37. The molecule has 0 fully saturated rings. The van der Waals surface area contributed by atoms with Gasteiger partial charge >= 0.3 is 0 Å². The van der Waals surface area contributed by atoms with E-state index in [4.69, 9.17) is 18.3 Å². The number of amides is 2. The molecule has 146 valence electrons. The highest BCUT2D eigenvalue weighted by molar-refractivity contribution is 9.10. The van der Waals surface area contributed by atoms with Gasteiger partial charge < -0.3 is 28.9 Å². The van der Waals surface area contributed by atoms with Gasteiger partial charge in [-0.2, -0.15) is 0 Å². The van der Waals surface area contributed by atoms with Gasteiger partial charge in [0.15, 0.2) is 20.9 Å². The minimum absolute atomic E-state index is 0.119. The van der Waals surface area contributed by atoms with E-state index < -0.39 is 11.8 Å². The van der Waals surface area contributed by atoms with E-state index in [1.807, 2.05) is 0 Å². The summed E-state index contributed by atoms with van der Waals surface area (Å²) in [5.41, 5.74) is 0.686. The first-order chi connectivity index (χ1) is 13.4. The Bertz CT molecular complexity index is 945. The fourth-order valence-corrected chi connectivity index (χ4v) is 2.95. The highest BCUT2D eigenvalue weighted by Crippen LogP contribution is 2.37. The molecule has 0 unspecified atom stereocenters. The Kier molecular flexibility index (Phi) is 6.10. The van der Waals surface area contributed by atoms with Crippen molar-refractivity contribution in [3.63, 3.8) is 0 Å². The van der Waals surface area contributed by atoms with E-state index in [-0.39, 0.29) is 11.5 Å². The Labute approximate surface area is 176 Å². The molecular formula is C18H14Br2N2O6. The smallest absolute Gasteiger partial charge is 0.291 e. The molecule has 2 N–H and O–H groups in total. The van der Waals surface area contributed by atoms with Gasteiger partial charge in [0.05, 0.1) is 25.6 Å². The quantitative estimate of drug-likeness (QED) is 0.485. The van der Waals surface area contributed by atoms with Gasteiger partial charge in [0.1, 0.15) is 11.5 Å². The first kappa shape index (κ1) is 20.0. The lowest BCUT2D eigenvalue weighted by molar-refractivity contribution is 0.0987. The molecule has 0 saturated carbocycles. The van der Waals surface area contributed by atoms with Crippen LogP contribution in [0, 0.1) is 0 Å². The van der Waals surface area contributed by atoms with Crippen molar-refractivity contribution >= 4 is 55.0 Å². The lowest BCUT2D eigenvalue weighted by atomic mass is 10.2. The molecule has 0 aliphatic heterocycles. The van der Waals surface area contributed by atoms with Crippen molar-refractivity contribution in [2.75, 3.05) is 24.9 Å². The molecular weight excluding hydrogens is 500 g/mol. The van der Waals surface area contributed by atoms with Crippen LogP contribution in [0.25, 0.3) is 0 Å². The third-order valence-electron chi connectivity index (χ3n) is 3.61. The molecule has 0 spiro atoms. The van der Waals surface area contributed by atoms with Crippen LogP contribution in [0.3, 0.4) is 0 Å². The Morgan fingerprint density at radius 2 is 1.18 bits per heavy atom. The molecule has 2 amide bonds. The molecule has 0 bridgehead atoms. The molecule has 8 nitrogen and oxygen atoms in total. The van der Waals surface area contributed by atoms with Crippen molar-refractivity contribution in [1.82, 2.24) is 0 Å². The van der Waals surface area contributed by atoms with Gasteiger partial charge in [0.25, 0.3) is 11.8 Å². The third-order valence-corrected chi connectivity index (χ3v) is 4.46. The van der Waals surface area contributed by atoms with E-state index in [1.54, 1.807) is 12.1 Å². The summed E-state index contributed by atoms with van der Waals surface area (Å²) in [4.78, 5) is 24.7. The number of carbonyl (C=O) groups is 2. The number of hydrogen-bond donors (Lipinski definition) is 2. The second kappa shape index (κ2) is 8.53. The number of carbonyl (C=O) groups excluding carboxylic acids is 2. The Hall–Kier alpha value is -2.72. The van der Waals surface area contributed by atoms with Crippen molar-refractivity contribution < 1.29 is 27.9 Å². The van der Waals surface area contributed by atoms with Crippen LogP contribution in [0.4, 0.5) is 11.4 Å². The molecule has 2 heterocycles. The van der Waals surface area contributed by atoms with Gasteiger partial charge in [0.2, 0.25) is 0 Å². The van der Waals surface area contributed by atoms with E-state index in [0.717, 1.165) is 0 Å². The maximum atomic E-state index is 12.3. The minimum Gasteiger partial charge on any atom is -0.494 e. The van der Waals surface area contributed by atoms with Gasteiger partial charge in [-0.15, -0.1) is 0 Å². The lowest BCUT2D eigenvalue weighted by Gasteiger charge is -2.15. The summed E-state index contributed by atoms with van der Waals surface area (Å²) in [6.45, 7) is 0. The van der Waals surface area contributed by atoms with Gasteiger partial charge in [-0.1, -0.05) is 0 Å². The second-order valence-corrected chi connectivity index (χ2v) is 6.93. The van der Waals surface area contributed by atoms with Crippen LogP contribution in [0.1, 0.15) is 21.1 Å². The van der Waals surface area contributed by atoms with Crippen molar-refractivity contribution in [3.8, 4) is 11.5 Å². The molecule has 0 aliphatic rings. The largest absolute Gasteiger partial charge is 0.494 e. The number of nitrogens with one attached hydrogen (secondary N) is 2. The maximum absolute atomic E-state index is 12.3. The van der Waals surface area contributed by atoms with Gasteiger partial charge in [-0.25, -0.2) is 0 Å². The summed E-state index contributed by atoms with van der Waals surface area (Å²) in [6.07, 6.45) is 0. The highest BCUT2D eigenvalue weighted by Gasteiger charge is 2.19. The summed E-state index contributed by atoms with van der Waals surface area (Å²) in [5, 5.41) is 5.37. The monoisotopic (exact) mass is 512 g/mol. The van der Waals surface area contributed by atoms with Gasteiger partial charge in [0, 0.05) is 12.1 Å². The van der Waals surface area contributed by atoms with Gasteiger partial charge in [-0.05, 0) is 56.1 Å². The van der Waals surface area contributed by atoms with E-state index in [1.165, 1.54) is 38.5 Å². The summed E-state index contributed by atoms with van der Waals surface area (Å²) in [7, 11) is 2.88. The normalized spacial score (nSPS) is 10.4. The Morgan fingerprint density at radius 3 is 1.46 bits per heavy atom. The lowest BCUT2D eigenvalue weighted by Crippen LogP contribution is -2.14. The number of halogens is 2. The van der Waals surface area contributed by atoms with Crippen LogP contribution < -0.4 is 20.1 Å². The van der Waals surface area contributed by atoms with Crippen LogP contribution in [0.5, 0.6) is 11.5 Å². The molecule has 3 aromatic rings. The van der Waals surface area contributed by atoms with Crippen molar-refractivity contribution in [3.05, 3.63) is 57.3 Å². The van der Waals surface area contributed by atoms with E-state index in [0.29, 0.717) is 32.2 Å². The Morgan fingerprint density at radius 1 is 0.786 bits per heavy atom. The molecule has 3 rings (SSSR count). The first-order valence-electron chi connectivity index (χ1n) is 7.80. The van der Waals surface area contributed by atoms with Gasteiger partial charge in [-0.3, -0.25) is 9.59 Å². The van der Waals surface area contributed by atoms with E-state index in [9.17, 15) is 9.59 Å². The molecule has 0 radical (unpaired) electrons. The number of benzene rings is 1. The fraction of sp³-hybridized carbons (Fsp3) is 0.111. The summed E-state index contributed by atoms with van der Waals surface area (Å²) in [6, 6.07) is 9.33. The predicted molar refractivity (Wildman–Crippen MR) is 108 cm³/mol. The topological polar surface area (TPSA) is 103 Å². The molecule has 0 atom stereocenters. The zero-order valence-electron chi connectivity index (χ0n) is 14.7. The highest BCUT2D eigenvalue weighted by atomic mass is 79.9. The number of methoxy groups -OCH3 is 2. The van der Waals surface area contributed by atoms with Crippen LogP contribution in [-0.4, -0.2) is 26.0 Å². The fourth-order valence-electron chi connectivity index (χ4n) is 2.33. The number of rotatable bonds is 6. The van der Waals surface area contributed by atoms with Crippen molar-refractivity contribution in [2.24, 2.45) is 0 Å². The van der Waals surface area contributed by atoms with E-state index in [2.05, 4.69) is 42.5 Å². The number of ether oxygens (including phenoxy) is 2. The average molecular weight is 514 g/mol. The van der Waals surface area contributed by atoms with Crippen LogP contribution in [0.2, 0.25) is 0 Å². The SMILES string of the molecule is COc1cc(NC(=O)c2ccc(Br)o2)c(OC)cc1NC(=O)c1ccc(Br)o1. The third kappa shape index (κ3) is 4.39. The number of hydrogen-bond acceptors (Lipinski definition) is 6. The summed E-state index contributed by atoms with van der Waals surface area (Å²) < 4.78 is 22.0. The molecule has 1 aromatic carbocycles. The van der Waals surface area contributed by atoms with Crippen molar-refractivity contribution in [1.29, 1.82) is 0 Å². The van der Waals surface area contributed by atoms with Crippen LogP contribution in [-0.2, 0) is 0 Å². The number of anilines is 2. The Balaban J connectivity index is 1.87. The average Bonchev–Trinajstić information content (AvgIpc) is 3.30. The van der Waals surface area contributed by atoms with Crippen molar-refractivity contribution in [2.45, 2.75) is 0 Å². The van der Waals surface area contributed by atoms with Crippen LogP contribution >= 0.6 is 31.9 Å². The maximum Gasteiger partial charge on any atom is 0.291 e. The molecule has 28 heavy (non-hydrogen) atoms. The number of furan rings is 2. The van der Waals surface area contributed by atoms with E-state index >= 15 is 0 Å². The first-order valence-corrected chi connectivity index (χ1v) is 9.39. The summed E-state index contributed by atoms with van der Waals surface area (Å²) >= 11 is 6.30. The molecule has 2 aromatic heterocycles.